The molecule has 0 radical (unpaired) electrons. The first-order valence-electron chi connectivity index (χ1n) is 6.85. The summed E-state index contributed by atoms with van der Waals surface area (Å²) in [4.78, 5) is 0. The van der Waals surface area contributed by atoms with Crippen molar-refractivity contribution in [2.45, 2.75) is 38.2 Å². The van der Waals surface area contributed by atoms with E-state index in [2.05, 4.69) is 0 Å². The summed E-state index contributed by atoms with van der Waals surface area (Å²) in [6.45, 7) is 0.735. The van der Waals surface area contributed by atoms with E-state index >= 15 is 0 Å². The summed E-state index contributed by atoms with van der Waals surface area (Å²) in [5.41, 5.74) is 5.94. The zero-order chi connectivity index (χ0) is 15.2. The third-order valence-electron chi connectivity index (χ3n) is 3.46. The van der Waals surface area contributed by atoms with E-state index in [4.69, 9.17) is 10.5 Å². The molecule has 1 aliphatic heterocycles. The molecule has 2 atom stereocenters. The van der Waals surface area contributed by atoms with Crippen LogP contribution in [0, 0.1) is 5.92 Å². The maximum atomic E-state index is 11.9. The van der Waals surface area contributed by atoms with Crippen LogP contribution in [0.15, 0.2) is 0 Å². The number of nitrogens with two attached hydrogens (primary N) is 1. The maximum absolute atomic E-state index is 11.9. The Hall–Kier alpha value is -0.310. The number of nitrogens with zero attached hydrogens (tertiary/aromatic N) is 1. The van der Waals surface area contributed by atoms with Crippen LogP contribution >= 0.6 is 0 Å². The molecule has 2 N–H and O–H groups in total. The van der Waals surface area contributed by atoms with Crippen LogP contribution in [-0.4, -0.2) is 57.7 Å². The van der Waals surface area contributed by atoms with Gasteiger partial charge in [-0.25, -0.2) is 21.5 Å². The van der Waals surface area contributed by atoms with Crippen LogP contribution < -0.4 is 5.73 Å². The molecule has 0 aliphatic carbocycles. The minimum Gasteiger partial charge on any atom is -0.375 e. The number of hydrogen-bond acceptors (Lipinski definition) is 4. The normalized spacial score (nSPS) is 23.1. The van der Waals surface area contributed by atoms with Crippen molar-refractivity contribution in [1.82, 2.24) is 4.31 Å². The van der Waals surface area contributed by atoms with Crippen molar-refractivity contribution < 1.29 is 21.9 Å². The van der Waals surface area contributed by atoms with Crippen molar-refractivity contribution in [2.24, 2.45) is 11.7 Å². The topological polar surface area (TPSA) is 72.6 Å². The van der Waals surface area contributed by atoms with E-state index in [0.29, 0.717) is 25.9 Å². The molecule has 20 heavy (non-hydrogen) atoms. The summed E-state index contributed by atoms with van der Waals surface area (Å²) < 4.78 is 53.0. The van der Waals surface area contributed by atoms with Gasteiger partial charge in [-0.2, -0.15) is 0 Å². The Kier molecular flexibility index (Phi) is 7.28. The Bertz CT molecular complexity index is 379. The summed E-state index contributed by atoms with van der Waals surface area (Å²) in [5, 5.41) is 0. The van der Waals surface area contributed by atoms with Crippen molar-refractivity contribution in [3.05, 3.63) is 0 Å². The second-order valence-electron chi connectivity index (χ2n) is 5.38. The Morgan fingerprint density at radius 3 is 2.75 bits per heavy atom. The average Bonchev–Trinajstić information content (AvgIpc) is 2.34. The smallest absolute Gasteiger partial charge is 0.261 e. The highest BCUT2D eigenvalue weighted by atomic mass is 32.2. The highest BCUT2D eigenvalue weighted by molar-refractivity contribution is 7.88. The molecule has 0 spiro atoms. The van der Waals surface area contributed by atoms with Gasteiger partial charge in [0.05, 0.1) is 6.26 Å². The van der Waals surface area contributed by atoms with E-state index in [1.54, 1.807) is 0 Å². The van der Waals surface area contributed by atoms with Gasteiger partial charge < -0.3 is 10.5 Å². The molecule has 2 unspecified atom stereocenters. The molecule has 1 aliphatic rings. The van der Waals surface area contributed by atoms with Gasteiger partial charge in [-0.3, -0.25) is 0 Å². The molecule has 0 saturated carbocycles. The predicted molar refractivity (Wildman–Crippen MR) is 73.2 cm³/mol. The Morgan fingerprint density at radius 1 is 1.45 bits per heavy atom. The lowest BCUT2D eigenvalue weighted by Gasteiger charge is -2.32. The van der Waals surface area contributed by atoms with Crippen LogP contribution in [0.5, 0.6) is 0 Å². The fourth-order valence-corrected chi connectivity index (χ4v) is 3.42. The molecule has 0 aromatic heterocycles. The lowest BCUT2D eigenvalue weighted by atomic mass is 9.92. The van der Waals surface area contributed by atoms with Crippen molar-refractivity contribution >= 4 is 10.0 Å². The molecular weight excluding hydrogens is 290 g/mol. The van der Waals surface area contributed by atoms with E-state index in [0.717, 1.165) is 12.8 Å². The lowest BCUT2D eigenvalue weighted by molar-refractivity contribution is 0.0146. The SMILES string of the molecule is CS(=O)(=O)N1CCCC(CC(N)CCOCC(F)F)C1. The van der Waals surface area contributed by atoms with Gasteiger partial charge in [0.15, 0.2) is 0 Å². The Labute approximate surface area is 119 Å². The summed E-state index contributed by atoms with van der Waals surface area (Å²) in [6, 6.07) is -0.141. The first-order valence-corrected chi connectivity index (χ1v) is 8.70. The van der Waals surface area contributed by atoms with Crippen LogP contribution in [0.1, 0.15) is 25.7 Å². The van der Waals surface area contributed by atoms with Crippen LogP contribution in [0.25, 0.3) is 0 Å². The van der Waals surface area contributed by atoms with Gasteiger partial charge in [-0.1, -0.05) is 0 Å². The summed E-state index contributed by atoms with van der Waals surface area (Å²) in [6.07, 6.45) is 1.77. The lowest BCUT2D eigenvalue weighted by Crippen LogP contribution is -2.41. The first-order chi connectivity index (χ1) is 9.29. The zero-order valence-corrected chi connectivity index (χ0v) is 12.6. The number of alkyl halides is 2. The molecule has 0 aromatic rings. The average molecular weight is 314 g/mol. The molecule has 0 bridgehead atoms. The number of piperidine rings is 1. The summed E-state index contributed by atoms with van der Waals surface area (Å²) in [7, 11) is -3.14. The quantitative estimate of drug-likeness (QED) is 0.680. The summed E-state index contributed by atoms with van der Waals surface area (Å²) in [5.74, 6) is 0.239. The minimum atomic E-state index is -3.14. The number of ether oxygens (including phenoxy) is 1. The van der Waals surface area contributed by atoms with Gasteiger partial charge in [0.1, 0.15) is 6.61 Å². The summed E-state index contributed by atoms with van der Waals surface area (Å²) >= 11 is 0. The van der Waals surface area contributed by atoms with Gasteiger partial charge in [0, 0.05) is 25.7 Å². The van der Waals surface area contributed by atoms with Gasteiger partial charge in [-0.05, 0) is 31.6 Å². The molecule has 5 nitrogen and oxygen atoms in total. The molecular formula is C12H24F2N2O3S. The molecule has 1 heterocycles. The molecule has 120 valence electrons. The van der Waals surface area contributed by atoms with Crippen LogP contribution in [0.2, 0.25) is 0 Å². The zero-order valence-electron chi connectivity index (χ0n) is 11.8. The fraction of sp³-hybridized carbons (Fsp3) is 1.00. The minimum absolute atomic E-state index is 0.141. The van der Waals surface area contributed by atoms with Crippen molar-refractivity contribution in [3.8, 4) is 0 Å². The third kappa shape index (κ3) is 6.92. The standard InChI is InChI=1S/C12H24F2N2O3S/c1-20(17,18)16-5-2-3-10(8-16)7-11(15)4-6-19-9-12(13)14/h10-12H,2-9,15H2,1H3. The van der Waals surface area contributed by atoms with E-state index in [1.807, 2.05) is 0 Å². The monoisotopic (exact) mass is 314 g/mol. The van der Waals surface area contributed by atoms with Gasteiger partial charge in [0.2, 0.25) is 10.0 Å². The van der Waals surface area contributed by atoms with Gasteiger partial charge >= 0.3 is 0 Å². The maximum Gasteiger partial charge on any atom is 0.261 e. The second-order valence-corrected chi connectivity index (χ2v) is 7.36. The van der Waals surface area contributed by atoms with Crippen LogP contribution in [-0.2, 0) is 14.8 Å². The number of rotatable bonds is 8. The molecule has 0 aromatic carbocycles. The highest BCUT2D eigenvalue weighted by Crippen LogP contribution is 2.22. The first kappa shape index (κ1) is 17.7. The molecule has 8 heteroatoms. The second kappa shape index (κ2) is 8.21. The Morgan fingerprint density at radius 2 is 2.15 bits per heavy atom. The van der Waals surface area contributed by atoms with E-state index in [-0.39, 0.29) is 18.6 Å². The number of sulfonamides is 1. The predicted octanol–water partition coefficient (Wildman–Crippen LogP) is 1.05. The van der Waals surface area contributed by atoms with Crippen molar-refractivity contribution in [2.75, 3.05) is 32.6 Å². The van der Waals surface area contributed by atoms with Crippen LogP contribution in [0.3, 0.4) is 0 Å². The van der Waals surface area contributed by atoms with E-state index in [9.17, 15) is 17.2 Å². The Balaban J connectivity index is 2.26. The number of halogens is 2. The van der Waals surface area contributed by atoms with E-state index < -0.39 is 23.1 Å². The highest BCUT2D eigenvalue weighted by Gasteiger charge is 2.26. The largest absolute Gasteiger partial charge is 0.375 e. The third-order valence-corrected chi connectivity index (χ3v) is 4.73. The fourth-order valence-electron chi connectivity index (χ4n) is 2.47. The van der Waals surface area contributed by atoms with Crippen molar-refractivity contribution in [1.29, 1.82) is 0 Å². The molecule has 1 fully saturated rings. The number of hydrogen-bond donors (Lipinski definition) is 1. The van der Waals surface area contributed by atoms with E-state index in [1.165, 1.54) is 10.6 Å². The molecule has 1 saturated heterocycles. The van der Waals surface area contributed by atoms with Gasteiger partial charge in [0.25, 0.3) is 6.43 Å². The molecule has 1 rings (SSSR count). The van der Waals surface area contributed by atoms with Crippen molar-refractivity contribution in [3.63, 3.8) is 0 Å². The van der Waals surface area contributed by atoms with Gasteiger partial charge in [-0.15, -0.1) is 0 Å². The molecule has 0 amide bonds. The van der Waals surface area contributed by atoms with Crippen LogP contribution in [0.4, 0.5) is 8.78 Å².